The molecule has 1 aromatic rings. The number of benzene rings is 1. The van der Waals surface area contributed by atoms with E-state index in [-0.39, 0.29) is 17.4 Å². The van der Waals surface area contributed by atoms with E-state index in [4.69, 9.17) is 0 Å². The number of unbranched alkanes of at least 4 members (excludes halogenated alkanes) is 2. The Kier molecular flexibility index (Phi) is 12.1. The van der Waals surface area contributed by atoms with Gasteiger partial charge >= 0.3 is 0 Å². The minimum Gasteiger partial charge on any atom is -0.508 e. The lowest BCUT2D eigenvalue weighted by Crippen LogP contribution is -2.34. The average molecular weight is 445 g/mol. The molecule has 0 bridgehead atoms. The van der Waals surface area contributed by atoms with Crippen LogP contribution >= 0.6 is 0 Å². The minimum absolute atomic E-state index is 0.0647. The molecule has 0 atom stereocenters. The molecule has 0 aromatic heterocycles. The van der Waals surface area contributed by atoms with Gasteiger partial charge in [0, 0.05) is 25.7 Å². The minimum atomic E-state index is -0.193. The van der Waals surface area contributed by atoms with Gasteiger partial charge in [0.15, 0.2) is 0 Å². The van der Waals surface area contributed by atoms with E-state index in [1.54, 1.807) is 18.0 Å². The number of allylic oxidation sites excluding steroid dienone is 4. The number of nitrogens with zero attached hydrogens (tertiary/aromatic N) is 2. The summed E-state index contributed by atoms with van der Waals surface area (Å²) in [7, 11) is 5.70. The van der Waals surface area contributed by atoms with E-state index in [9.17, 15) is 15.0 Å². The second kappa shape index (κ2) is 14.0. The molecule has 0 radical (unpaired) electrons. The van der Waals surface area contributed by atoms with E-state index in [0.29, 0.717) is 30.5 Å². The van der Waals surface area contributed by atoms with Crippen molar-refractivity contribution in [1.29, 1.82) is 0 Å². The van der Waals surface area contributed by atoms with Crippen molar-refractivity contribution in [3.63, 3.8) is 0 Å². The van der Waals surface area contributed by atoms with Crippen LogP contribution in [0.3, 0.4) is 0 Å². The third kappa shape index (κ3) is 9.07. The molecule has 1 aromatic carbocycles. The highest BCUT2D eigenvalue weighted by Gasteiger charge is 2.24. The topological polar surface area (TPSA) is 64.0 Å². The van der Waals surface area contributed by atoms with E-state index < -0.39 is 0 Å². The van der Waals surface area contributed by atoms with Gasteiger partial charge in [0.25, 0.3) is 5.91 Å². The van der Waals surface area contributed by atoms with Gasteiger partial charge in [0.1, 0.15) is 11.5 Å². The van der Waals surface area contributed by atoms with Gasteiger partial charge in [-0.2, -0.15) is 0 Å². The van der Waals surface area contributed by atoms with Crippen molar-refractivity contribution in [3.05, 3.63) is 46.1 Å². The maximum absolute atomic E-state index is 13.3. The Morgan fingerprint density at radius 1 is 1.03 bits per heavy atom. The predicted molar refractivity (Wildman–Crippen MR) is 135 cm³/mol. The summed E-state index contributed by atoms with van der Waals surface area (Å²) in [5.74, 6) is -0.206. The van der Waals surface area contributed by atoms with Crippen molar-refractivity contribution in [1.82, 2.24) is 9.80 Å². The van der Waals surface area contributed by atoms with Gasteiger partial charge in [-0.1, -0.05) is 43.1 Å². The molecule has 0 aliphatic rings. The number of aromatic hydroxyl groups is 2. The largest absolute Gasteiger partial charge is 0.508 e. The Bertz CT molecular complexity index is 806. The first-order chi connectivity index (χ1) is 15.1. The number of rotatable bonds is 13. The van der Waals surface area contributed by atoms with Crippen molar-refractivity contribution in [3.8, 4) is 11.5 Å². The number of hydrogen-bond acceptors (Lipinski definition) is 4. The molecule has 32 heavy (non-hydrogen) atoms. The van der Waals surface area contributed by atoms with Crippen molar-refractivity contribution in [2.24, 2.45) is 0 Å². The van der Waals surface area contributed by atoms with Crippen LogP contribution in [0.5, 0.6) is 11.5 Å². The van der Waals surface area contributed by atoms with Crippen molar-refractivity contribution >= 4 is 5.91 Å². The zero-order chi connectivity index (χ0) is 24.3. The molecule has 0 fully saturated rings. The summed E-state index contributed by atoms with van der Waals surface area (Å²) < 4.78 is 0. The lowest BCUT2D eigenvalue weighted by molar-refractivity contribution is 0.0782. The lowest BCUT2D eigenvalue weighted by Gasteiger charge is -2.23. The maximum atomic E-state index is 13.3. The molecule has 5 heteroatoms. The summed E-state index contributed by atoms with van der Waals surface area (Å²) in [6, 6.07) is 1.68. The molecule has 0 unspecified atom stereocenters. The third-order valence-corrected chi connectivity index (χ3v) is 5.70. The third-order valence-electron chi connectivity index (χ3n) is 5.70. The number of likely N-dealkylation sites (N-methyl/N-ethyl adjacent to an activating group) is 2. The molecule has 0 saturated carbocycles. The van der Waals surface area contributed by atoms with Crippen molar-refractivity contribution in [2.45, 2.75) is 72.6 Å². The molecular formula is C27H44N2O3. The number of carbonyl (C=O) groups excluding carboxylic acids is 1. The lowest BCUT2D eigenvalue weighted by atomic mass is 9.94. The average Bonchev–Trinajstić information content (AvgIpc) is 2.71. The molecule has 0 saturated heterocycles. The monoisotopic (exact) mass is 444 g/mol. The maximum Gasteiger partial charge on any atom is 0.257 e. The van der Waals surface area contributed by atoms with E-state index in [0.717, 1.165) is 44.2 Å². The quantitative estimate of drug-likeness (QED) is 0.303. The highest BCUT2D eigenvalue weighted by Crippen LogP contribution is 2.36. The normalized spacial score (nSPS) is 11.7. The van der Waals surface area contributed by atoms with Gasteiger partial charge in [-0.15, -0.1) is 0 Å². The van der Waals surface area contributed by atoms with Gasteiger partial charge in [0.2, 0.25) is 0 Å². The number of aryl methyl sites for hydroxylation is 1. The van der Waals surface area contributed by atoms with E-state index in [2.05, 4.69) is 33.8 Å². The fraction of sp³-hybridized carbons (Fsp3) is 0.593. The first kappa shape index (κ1) is 27.8. The number of amides is 1. The number of carbonyl (C=O) groups is 1. The van der Waals surface area contributed by atoms with E-state index >= 15 is 0 Å². The van der Waals surface area contributed by atoms with Crippen LogP contribution in [0, 0.1) is 0 Å². The summed E-state index contributed by atoms with van der Waals surface area (Å²) in [6.07, 6.45) is 10.2. The number of phenols is 2. The van der Waals surface area contributed by atoms with Crippen LogP contribution in [-0.4, -0.2) is 60.2 Å². The van der Waals surface area contributed by atoms with Crippen molar-refractivity contribution < 1.29 is 15.0 Å². The molecular weight excluding hydrogens is 400 g/mol. The van der Waals surface area contributed by atoms with E-state index in [1.807, 2.05) is 25.1 Å². The Morgan fingerprint density at radius 2 is 1.72 bits per heavy atom. The predicted octanol–water partition coefficient (Wildman–Crippen LogP) is 5.70. The van der Waals surface area contributed by atoms with Crippen LogP contribution in [0.15, 0.2) is 29.4 Å². The summed E-state index contributed by atoms with van der Waals surface area (Å²) in [6.45, 7) is 9.68. The standard InChI is InChI=1S/C27H44N2O3/c1-8-9-10-14-22-19-24(30)23(16-15-21(4)13-11-12-20(2)3)26(31)25(22)27(32)29(7)18-17-28(5)6/h12,15,19,30-31H,8-11,13-14,16-18H2,1-7H3. The zero-order valence-electron chi connectivity index (χ0n) is 21.3. The second-order valence-electron chi connectivity index (χ2n) is 9.32. The fourth-order valence-electron chi connectivity index (χ4n) is 3.56. The van der Waals surface area contributed by atoms with Gasteiger partial charge in [-0.25, -0.2) is 0 Å². The van der Waals surface area contributed by atoms with E-state index in [1.165, 1.54) is 11.1 Å². The summed E-state index contributed by atoms with van der Waals surface area (Å²) in [5.41, 5.74) is 3.99. The van der Waals surface area contributed by atoms with Gasteiger partial charge in [-0.3, -0.25) is 4.79 Å². The summed E-state index contributed by atoms with van der Waals surface area (Å²) >= 11 is 0. The SMILES string of the molecule is CCCCCc1cc(O)c(CC=C(C)CCC=C(C)C)c(O)c1C(=O)N(C)CCN(C)C. The highest BCUT2D eigenvalue weighted by atomic mass is 16.3. The summed E-state index contributed by atoms with van der Waals surface area (Å²) in [5, 5.41) is 21.8. The molecule has 180 valence electrons. The number of hydrogen-bond donors (Lipinski definition) is 2. The van der Waals surface area contributed by atoms with Crippen LogP contribution in [0.1, 0.15) is 81.3 Å². The van der Waals surface area contributed by atoms with Crippen LogP contribution in [0.25, 0.3) is 0 Å². The smallest absolute Gasteiger partial charge is 0.257 e. The Morgan fingerprint density at radius 3 is 2.31 bits per heavy atom. The molecule has 1 amide bonds. The molecule has 0 aliphatic heterocycles. The first-order valence-corrected chi connectivity index (χ1v) is 11.8. The van der Waals surface area contributed by atoms with Crippen LogP contribution < -0.4 is 0 Å². The van der Waals surface area contributed by atoms with Gasteiger partial charge in [-0.05, 0) is 78.6 Å². The van der Waals surface area contributed by atoms with Gasteiger partial charge < -0.3 is 20.0 Å². The Balaban J connectivity index is 3.23. The molecule has 0 spiro atoms. The Hall–Kier alpha value is -2.27. The molecule has 0 heterocycles. The van der Waals surface area contributed by atoms with Crippen LogP contribution in [-0.2, 0) is 12.8 Å². The van der Waals surface area contributed by atoms with Crippen LogP contribution in [0.4, 0.5) is 0 Å². The first-order valence-electron chi connectivity index (χ1n) is 11.8. The van der Waals surface area contributed by atoms with Crippen LogP contribution in [0.2, 0.25) is 0 Å². The fourth-order valence-corrected chi connectivity index (χ4v) is 3.56. The Labute approximate surface area is 195 Å². The zero-order valence-corrected chi connectivity index (χ0v) is 21.3. The van der Waals surface area contributed by atoms with Crippen molar-refractivity contribution in [2.75, 3.05) is 34.2 Å². The molecule has 2 N–H and O–H groups in total. The molecule has 1 rings (SSSR count). The second-order valence-corrected chi connectivity index (χ2v) is 9.32. The molecule has 0 aliphatic carbocycles. The van der Waals surface area contributed by atoms with Gasteiger partial charge in [0.05, 0.1) is 5.56 Å². The summed E-state index contributed by atoms with van der Waals surface area (Å²) in [4.78, 5) is 17.0. The highest BCUT2D eigenvalue weighted by molar-refractivity contribution is 5.99. The number of phenolic OH excluding ortho intramolecular Hbond substituents is 2. The molecule has 5 nitrogen and oxygen atoms in total.